The van der Waals surface area contributed by atoms with Crippen molar-refractivity contribution in [3.63, 3.8) is 0 Å². The molecule has 14 nitrogen and oxygen atoms in total. The van der Waals surface area contributed by atoms with E-state index in [0.717, 1.165) is 47.9 Å². The molecule has 12 atom stereocenters. The molecular formula is C54H54N8O6. The summed E-state index contributed by atoms with van der Waals surface area (Å²) in [4.78, 5) is 95.6. The normalized spacial score (nSPS) is 29.6. The van der Waals surface area contributed by atoms with Crippen LogP contribution in [0.4, 0.5) is 0 Å². The molecule has 346 valence electrons. The second-order valence-electron chi connectivity index (χ2n) is 19.6. The fourth-order valence-corrected chi connectivity index (χ4v) is 10.7. The summed E-state index contributed by atoms with van der Waals surface area (Å²) >= 11 is 0. The Morgan fingerprint density at radius 1 is 0.382 bits per heavy atom. The maximum atomic E-state index is 14.1. The maximum absolute atomic E-state index is 14.1. The van der Waals surface area contributed by atoms with Gasteiger partial charge in [-0.2, -0.15) is 0 Å². The van der Waals surface area contributed by atoms with Gasteiger partial charge in [0.1, 0.15) is 0 Å². The van der Waals surface area contributed by atoms with Crippen molar-refractivity contribution in [1.82, 2.24) is 41.0 Å². The Bertz CT molecular complexity index is 2370. The molecule has 14 heteroatoms. The number of hydrogen-bond acceptors (Lipinski definition) is 8. The number of aromatic nitrogens is 2. The van der Waals surface area contributed by atoms with Crippen molar-refractivity contribution in [3.8, 4) is 0 Å². The molecule has 0 bridgehead atoms. The highest BCUT2D eigenvalue weighted by Crippen LogP contribution is 2.44. The average molecular weight is 911 g/mol. The molecule has 6 fully saturated rings. The molecule has 11 rings (SSSR count). The van der Waals surface area contributed by atoms with Gasteiger partial charge in [0.2, 0.25) is 29.5 Å². The van der Waals surface area contributed by atoms with E-state index < -0.39 is 35.5 Å². The van der Waals surface area contributed by atoms with Gasteiger partial charge in [-0.05, 0) is 47.9 Å². The van der Waals surface area contributed by atoms with Gasteiger partial charge in [0.05, 0.1) is 29.2 Å². The fourth-order valence-electron chi connectivity index (χ4n) is 10.7. The molecule has 6 amide bonds. The highest BCUT2D eigenvalue weighted by Gasteiger charge is 2.51. The van der Waals surface area contributed by atoms with Crippen LogP contribution in [-0.4, -0.2) is 106 Å². The average Bonchev–Trinajstić information content (AvgIpc) is 4.31. The van der Waals surface area contributed by atoms with Crippen LogP contribution in [0.25, 0.3) is 0 Å². The number of hydrogen-bond donors (Lipinski definition) is 4. The van der Waals surface area contributed by atoms with Crippen molar-refractivity contribution in [2.24, 2.45) is 23.7 Å². The molecule has 4 N–H and O–H groups in total. The Balaban J connectivity index is 0.756. The number of carbonyl (C=O) groups is 6. The number of likely N-dealkylation sites (tertiary alicyclic amines) is 2. The van der Waals surface area contributed by atoms with Crippen molar-refractivity contribution in [1.29, 1.82) is 0 Å². The number of carbonyl (C=O) groups excluding carboxylic acids is 6. The summed E-state index contributed by atoms with van der Waals surface area (Å²) in [5.41, 5.74) is 4.69. The molecule has 4 aliphatic carbocycles. The topological polar surface area (TPSA) is 183 Å². The molecule has 2 aliphatic heterocycles. The van der Waals surface area contributed by atoms with E-state index in [1.165, 1.54) is 22.2 Å². The first-order valence-electron chi connectivity index (χ1n) is 24.0. The van der Waals surface area contributed by atoms with E-state index in [2.05, 4.69) is 31.2 Å². The third kappa shape index (κ3) is 9.11. The molecule has 5 aromatic rings. The van der Waals surface area contributed by atoms with Gasteiger partial charge in [0, 0.05) is 86.4 Å². The van der Waals surface area contributed by atoms with Crippen molar-refractivity contribution >= 4 is 35.4 Å². The van der Waals surface area contributed by atoms with Crippen LogP contribution in [0.3, 0.4) is 0 Å². The summed E-state index contributed by atoms with van der Waals surface area (Å²) in [5, 5.41) is 12.7. The summed E-state index contributed by atoms with van der Waals surface area (Å²) in [6, 6.07) is 39.8. The molecule has 0 spiro atoms. The predicted octanol–water partition coefficient (Wildman–Crippen LogP) is 4.54. The first-order chi connectivity index (χ1) is 33.2. The van der Waals surface area contributed by atoms with E-state index in [4.69, 9.17) is 0 Å². The van der Waals surface area contributed by atoms with E-state index in [9.17, 15) is 28.8 Å². The number of nitrogens with one attached hydrogen (secondary N) is 4. The van der Waals surface area contributed by atoms with Crippen LogP contribution >= 0.6 is 0 Å². The molecule has 68 heavy (non-hydrogen) atoms. The van der Waals surface area contributed by atoms with Gasteiger partial charge >= 0.3 is 0 Å². The van der Waals surface area contributed by atoms with E-state index >= 15 is 0 Å². The summed E-state index contributed by atoms with van der Waals surface area (Å²) in [6.45, 7) is 0.0603. The summed E-state index contributed by atoms with van der Waals surface area (Å²) in [7, 11) is 0. The molecule has 4 aromatic carbocycles. The minimum absolute atomic E-state index is 0.00286. The minimum Gasteiger partial charge on any atom is -0.352 e. The molecule has 2 saturated heterocycles. The molecular weight excluding hydrogens is 857 g/mol. The van der Waals surface area contributed by atoms with Gasteiger partial charge < -0.3 is 31.1 Å². The zero-order valence-corrected chi connectivity index (χ0v) is 37.5. The van der Waals surface area contributed by atoms with Crippen LogP contribution in [0, 0.1) is 23.7 Å². The standard InChI is InChI=1S/C54H54N8O6/c63-49(57-44-21-36(44)31-13-5-1-6-14-31)40-27-61(28-41(40)50(64)58-45-22-37(45)32-15-7-2-8-16-32)53(67)35-25-55-48(56-26-35)54(68)62-29-42(51(65)59-46-23-38(46)33-17-9-3-10-18-33)43(30-62)52(66)60-47-24-39(47)34-19-11-4-12-20-34/h1-20,25-26,36-47H,21-24,27-30H2,(H,57,63)(H,58,64)(H,59,65)(H,60,66)/t36-,37-,38-,39-,40-,41-,42-,43-,44+,45+,46+,47+/m1/s1. The van der Waals surface area contributed by atoms with Crippen LogP contribution in [-0.2, 0) is 19.2 Å². The molecule has 4 saturated carbocycles. The first kappa shape index (κ1) is 43.4. The van der Waals surface area contributed by atoms with Crippen LogP contribution in [0.1, 0.15) is 92.6 Å². The largest absolute Gasteiger partial charge is 0.352 e. The van der Waals surface area contributed by atoms with E-state index in [0.29, 0.717) is 0 Å². The minimum atomic E-state index is -0.788. The number of nitrogens with zero attached hydrogens (tertiary/aromatic N) is 4. The lowest BCUT2D eigenvalue weighted by atomic mass is 9.94. The monoisotopic (exact) mass is 910 g/mol. The zero-order valence-electron chi connectivity index (χ0n) is 37.5. The third-order valence-electron chi connectivity index (χ3n) is 15.0. The van der Waals surface area contributed by atoms with Gasteiger partial charge in [0.15, 0.2) is 0 Å². The Hall–Kier alpha value is -7.22. The summed E-state index contributed by atoms with van der Waals surface area (Å²) in [5.74, 6) is -4.61. The second-order valence-corrected chi connectivity index (χ2v) is 19.6. The zero-order chi connectivity index (χ0) is 46.5. The molecule has 1 aromatic heterocycles. The van der Waals surface area contributed by atoms with E-state index in [1.807, 2.05) is 121 Å². The highest BCUT2D eigenvalue weighted by molar-refractivity contribution is 5.98. The second kappa shape index (κ2) is 18.1. The van der Waals surface area contributed by atoms with Gasteiger partial charge in [-0.3, -0.25) is 28.8 Å². The molecule has 3 heterocycles. The van der Waals surface area contributed by atoms with Gasteiger partial charge in [-0.15, -0.1) is 0 Å². The van der Waals surface area contributed by atoms with Gasteiger partial charge in [-0.25, -0.2) is 9.97 Å². The number of amides is 6. The summed E-state index contributed by atoms with van der Waals surface area (Å²) < 4.78 is 0. The van der Waals surface area contributed by atoms with Crippen molar-refractivity contribution in [2.75, 3.05) is 26.2 Å². The SMILES string of the molecule is O=C(N[C@H]1C[C@@H]1c1ccccc1)[C@@H]1CN(C(=O)c2cnc(C(=O)N3C[C@@H](C(=O)N[C@H]4C[C@@H]4c4ccccc4)[C@H](C(=O)N[C@H]4C[C@@H]4c4ccccc4)C3)nc2)C[C@H]1C(=O)N[C@H]1C[C@@H]1c1ccccc1. The summed E-state index contributed by atoms with van der Waals surface area (Å²) in [6.07, 6.45) is 5.77. The Morgan fingerprint density at radius 3 is 0.926 bits per heavy atom. The molecule has 6 aliphatic rings. The quantitative estimate of drug-likeness (QED) is 0.125. The Kier molecular flexibility index (Phi) is 11.5. The van der Waals surface area contributed by atoms with Crippen molar-refractivity contribution < 1.29 is 28.8 Å². The van der Waals surface area contributed by atoms with Crippen LogP contribution in [0.15, 0.2) is 134 Å². The third-order valence-corrected chi connectivity index (χ3v) is 15.0. The lowest BCUT2D eigenvalue weighted by Gasteiger charge is -2.18. The number of benzene rings is 4. The van der Waals surface area contributed by atoms with Crippen LogP contribution < -0.4 is 21.3 Å². The van der Waals surface area contributed by atoms with E-state index in [1.54, 1.807) is 0 Å². The first-order valence-corrected chi connectivity index (χ1v) is 24.0. The molecule has 0 unspecified atom stereocenters. The maximum Gasteiger partial charge on any atom is 0.291 e. The van der Waals surface area contributed by atoms with E-state index in [-0.39, 0.29) is 109 Å². The predicted molar refractivity (Wildman–Crippen MR) is 251 cm³/mol. The Morgan fingerprint density at radius 2 is 0.647 bits per heavy atom. The van der Waals surface area contributed by atoms with Crippen LogP contribution in [0.2, 0.25) is 0 Å². The fraction of sp³-hybridized carbons (Fsp3) is 0.370. The number of rotatable bonds is 14. The smallest absolute Gasteiger partial charge is 0.291 e. The van der Waals surface area contributed by atoms with Gasteiger partial charge in [0.25, 0.3) is 11.8 Å². The van der Waals surface area contributed by atoms with Crippen molar-refractivity contribution in [2.45, 2.75) is 73.5 Å². The lowest BCUT2D eigenvalue weighted by Crippen LogP contribution is -2.43. The highest BCUT2D eigenvalue weighted by atomic mass is 16.2. The van der Waals surface area contributed by atoms with Gasteiger partial charge in [-0.1, -0.05) is 121 Å². The van der Waals surface area contributed by atoms with Crippen LogP contribution in [0.5, 0.6) is 0 Å². The molecule has 0 radical (unpaired) electrons. The Labute approximate surface area is 394 Å². The lowest BCUT2D eigenvalue weighted by molar-refractivity contribution is -0.133. The van der Waals surface area contributed by atoms with Crippen molar-refractivity contribution in [3.05, 3.63) is 167 Å².